The maximum absolute atomic E-state index is 11.5. The van der Waals surface area contributed by atoms with Crippen molar-refractivity contribution in [2.75, 3.05) is 33.4 Å². The third kappa shape index (κ3) is 2.51. The van der Waals surface area contributed by atoms with E-state index in [2.05, 4.69) is 11.0 Å². The van der Waals surface area contributed by atoms with Crippen LogP contribution in [0.15, 0.2) is 18.2 Å². The van der Waals surface area contributed by atoms with Gasteiger partial charge in [0.15, 0.2) is 0 Å². The quantitative estimate of drug-likeness (QED) is 0.914. The molecule has 114 valence electrons. The summed E-state index contributed by atoms with van der Waals surface area (Å²) in [6, 6.07) is 6.04. The number of hydrogen-bond acceptors (Lipinski definition) is 4. The molecule has 0 saturated carbocycles. The molecule has 0 amide bonds. The van der Waals surface area contributed by atoms with E-state index in [0.717, 1.165) is 37.2 Å². The molecule has 1 N–H and O–H groups in total. The third-order valence-electron chi connectivity index (χ3n) is 4.69. The van der Waals surface area contributed by atoms with Crippen molar-refractivity contribution in [2.45, 2.75) is 24.8 Å². The van der Waals surface area contributed by atoms with Crippen molar-refractivity contribution in [1.82, 2.24) is 4.90 Å². The Hall–Kier alpha value is -1.59. The van der Waals surface area contributed by atoms with Crippen molar-refractivity contribution < 1.29 is 19.4 Å². The summed E-state index contributed by atoms with van der Waals surface area (Å²) < 4.78 is 10.8. The first-order chi connectivity index (χ1) is 10.2. The number of carbonyl (C=O) groups is 1. The number of nitrogens with zero attached hydrogens (tertiary/aromatic N) is 1. The molecule has 1 saturated heterocycles. The molecule has 21 heavy (non-hydrogen) atoms. The first kappa shape index (κ1) is 14.4. The van der Waals surface area contributed by atoms with Crippen molar-refractivity contribution >= 4 is 5.97 Å². The van der Waals surface area contributed by atoms with Crippen LogP contribution in [-0.2, 0) is 21.5 Å². The summed E-state index contributed by atoms with van der Waals surface area (Å²) in [5.74, 6) is 0.0378. The fraction of sp³-hybridized carbons (Fsp3) is 0.562. The zero-order valence-corrected chi connectivity index (χ0v) is 12.3. The molecule has 1 aromatic carbocycles. The summed E-state index contributed by atoms with van der Waals surface area (Å²) in [7, 11) is 1.64. The Labute approximate surface area is 124 Å². The topological polar surface area (TPSA) is 59.0 Å². The van der Waals surface area contributed by atoms with E-state index in [-0.39, 0.29) is 6.42 Å². The number of carboxylic acids is 1. The van der Waals surface area contributed by atoms with Gasteiger partial charge in [0.05, 0.1) is 32.3 Å². The van der Waals surface area contributed by atoms with E-state index in [4.69, 9.17) is 9.47 Å². The molecule has 0 spiro atoms. The zero-order valence-electron chi connectivity index (χ0n) is 12.3. The lowest BCUT2D eigenvalue weighted by atomic mass is 9.85. The fourth-order valence-corrected chi connectivity index (χ4v) is 3.68. The van der Waals surface area contributed by atoms with Crippen LogP contribution in [0.25, 0.3) is 0 Å². The van der Waals surface area contributed by atoms with Crippen molar-refractivity contribution in [1.29, 1.82) is 0 Å². The summed E-state index contributed by atoms with van der Waals surface area (Å²) >= 11 is 0. The molecule has 1 aromatic rings. The number of morpholine rings is 1. The molecule has 0 bridgehead atoms. The highest BCUT2D eigenvalue weighted by Gasteiger charge is 2.45. The lowest BCUT2D eigenvalue weighted by Gasteiger charge is -2.43. The average molecular weight is 291 g/mol. The zero-order chi connectivity index (χ0) is 14.9. The highest BCUT2D eigenvalue weighted by atomic mass is 16.5. The van der Waals surface area contributed by atoms with Gasteiger partial charge in [0.25, 0.3) is 0 Å². The predicted octanol–water partition coefficient (Wildman–Crippen LogP) is 1.64. The van der Waals surface area contributed by atoms with Gasteiger partial charge < -0.3 is 14.6 Å². The molecular weight excluding hydrogens is 270 g/mol. The van der Waals surface area contributed by atoms with Gasteiger partial charge in [-0.05, 0) is 36.1 Å². The maximum Gasteiger partial charge on any atom is 0.305 e. The van der Waals surface area contributed by atoms with Crippen LogP contribution < -0.4 is 4.74 Å². The van der Waals surface area contributed by atoms with Gasteiger partial charge in [-0.3, -0.25) is 9.69 Å². The van der Waals surface area contributed by atoms with Gasteiger partial charge >= 0.3 is 5.97 Å². The highest BCUT2D eigenvalue weighted by Crippen LogP contribution is 2.45. The molecule has 1 fully saturated rings. The van der Waals surface area contributed by atoms with E-state index in [1.807, 2.05) is 12.1 Å². The molecule has 2 aliphatic rings. The number of fused-ring (bicyclic) bond motifs is 1. The van der Waals surface area contributed by atoms with Gasteiger partial charge in [0.2, 0.25) is 0 Å². The van der Waals surface area contributed by atoms with Gasteiger partial charge in [-0.1, -0.05) is 6.07 Å². The highest BCUT2D eigenvalue weighted by molar-refractivity contribution is 5.70. The largest absolute Gasteiger partial charge is 0.497 e. The van der Waals surface area contributed by atoms with E-state index >= 15 is 0 Å². The Kier molecular flexibility index (Phi) is 3.87. The van der Waals surface area contributed by atoms with Crippen LogP contribution in [0.3, 0.4) is 0 Å². The molecule has 1 heterocycles. The Bertz CT molecular complexity index is 539. The van der Waals surface area contributed by atoms with Crippen LogP contribution >= 0.6 is 0 Å². The van der Waals surface area contributed by atoms with Gasteiger partial charge in [0.1, 0.15) is 5.75 Å². The standard InChI is InChI=1S/C16H21NO4/c1-20-13-3-2-12-4-5-16(11-15(18)19,14(12)10-13)17-6-8-21-9-7-17/h2-3,10H,4-9,11H2,1H3,(H,18,19). The van der Waals surface area contributed by atoms with Crippen LogP contribution in [0, 0.1) is 0 Å². The van der Waals surface area contributed by atoms with Crippen LogP contribution in [-0.4, -0.2) is 49.4 Å². The van der Waals surface area contributed by atoms with Crippen LogP contribution in [0.2, 0.25) is 0 Å². The van der Waals surface area contributed by atoms with Gasteiger partial charge in [-0.15, -0.1) is 0 Å². The minimum atomic E-state index is -0.753. The number of ether oxygens (including phenoxy) is 2. The Morgan fingerprint density at radius 3 is 2.86 bits per heavy atom. The number of hydrogen-bond donors (Lipinski definition) is 1. The molecule has 1 atom stereocenters. The van der Waals surface area contributed by atoms with Gasteiger partial charge in [-0.2, -0.15) is 0 Å². The minimum Gasteiger partial charge on any atom is -0.497 e. The maximum atomic E-state index is 11.5. The second-order valence-electron chi connectivity index (χ2n) is 5.72. The first-order valence-electron chi connectivity index (χ1n) is 7.38. The van der Waals surface area contributed by atoms with Crippen molar-refractivity contribution in [2.24, 2.45) is 0 Å². The number of aryl methyl sites for hydroxylation is 1. The summed E-state index contributed by atoms with van der Waals surface area (Å²) in [5.41, 5.74) is 1.94. The fourth-order valence-electron chi connectivity index (χ4n) is 3.68. The third-order valence-corrected chi connectivity index (χ3v) is 4.69. The lowest BCUT2D eigenvalue weighted by molar-refractivity contribution is -0.142. The minimum absolute atomic E-state index is 0.132. The average Bonchev–Trinajstić information content (AvgIpc) is 2.86. The van der Waals surface area contributed by atoms with Crippen LogP contribution in [0.1, 0.15) is 24.0 Å². The van der Waals surface area contributed by atoms with E-state index in [9.17, 15) is 9.90 Å². The van der Waals surface area contributed by atoms with E-state index < -0.39 is 11.5 Å². The molecule has 1 aliphatic carbocycles. The molecule has 5 nitrogen and oxygen atoms in total. The Morgan fingerprint density at radius 2 is 2.19 bits per heavy atom. The second-order valence-corrected chi connectivity index (χ2v) is 5.72. The first-order valence-corrected chi connectivity index (χ1v) is 7.38. The normalized spacial score (nSPS) is 25.6. The van der Waals surface area contributed by atoms with Gasteiger partial charge in [-0.25, -0.2) is 0 Å². The summed E-state index contributed by atoms with van der Waals surface area (Å²) in [6.45, 7) is 2.90. The molecular formula is C16H21NO4. The van der Waals surface area contributed by atoms with Gasteiger partial charge in [0, 0.05) is 13.1 Å². The van der Waals surface area contributed by atoms with E-state index in [1.54, 1.807) is 7.11 Å². The molecule has 0 radical (unpaired) electrons. The number of methoxy groups -OCH3 is 1. The molecule has 0 aromatic heterocycles. The van der Waals surface area contributed by atoms with Crippen molar-refractivity contribution in [3.05, 3.63) is 29.3 Å². The molecule has 1 unspecified atom stereocenters. The Morgan fingerprint density at radius 1 is 1.43 bits per heavy atom. The number of carboxylic acid groups (broad SMARTS) is 1. The Balaban J connectivity index is 2.03. The summed E-state index contributed by atoms with van der Waals surface area (Å²) in [5, 5.41) is 9.43. The summed E-state index contributed by atoms with van der Waals surface area (Å²) in [6.07, 6.45) is 1.90. The second kappa shape index (κ2) is 5.66. The van der Waals surface area contributed by atoms with E-state index in [1.165, 1.54) is 5.56 Å². The van der Waals surface area contributed by atoms with Crippen LogP contribution in [0.5, 0.6) is 5.75 Å². The smallest absolute Gasteiger partial charge is 0.305 e. The monoisotopic (exact) mass is 291 g/mol. The van der Waals surface area contributed by atoms with Crippen molar-refractivity contribution in [3.63, 3.8) is 0 Å². The number of aliphatic carboxylic acids is 1. The molecule has 3 rings (SSSR count). The van der Waals surface area contributed by atoms with Crippen LogP contribution in [0.4, 0.5) is 0 Å². The summed E-state index contributed by atoms with van der Waals surface area (Å²) in [4.78, 5) is 13.8. The van der Waals surface area contributed by atoms with E-state index in [0.29, 0.717) is 13.2 Å². The number of benzene rings is 1. The molecule has 1 aliphatic heterocycles. The SMILES string of the molecule is COc1ccc2c(c1)C(CC(=O)O)(N1CCOCC1)CC2. The predicted molar refractivity (Wildman–Crippen MR) is 77.6 cm³/mol. The van der Waals surface area contributed by atoms with Crippen molar-refractivity contribution in [3.8, 4) is 5.75 Å². The molecule has 5 heteroatoms. The lowest BCUT2D eigenvalue weighted by Crippen LogP contribution is -2.51. The number of rotatable bonds is 4.